The van der Waals surface area contributed by atoms with Crippen molar-refractivity contribution in [2.45, 2.75) is 329 Å². The molecule has 104 heavy (non-hydrogen) atoms. The molecule has 17 nitrogen and oxygen atoms in total. The van der Waals surface area contributed by atoms with Gasteiger partial charge in [0.2, 0.25) is 0 Å². The lowest BCUT2D eigenvalue weighted by Crippen LogP contribution is -2.30. The van der Waals surface area contributed by atoms with Crippen LogP contribution in [0.2, 0.25) is 0 Å². The third-order valence-electron chi connectivity index (χ3n) is 16.3. The second-order valence-corrected chi connectivity index (χ2v) is 29.2. The minimum Gasteiger partial charge on any atom is -0.462 e. The van der Waals surface area contributed by atoms with E-state index in [0.717, 1.165) is 154 Å². The molecule has 0 amide bonds. The van der Waals surface area contributed by atoms with Crippen molar-refractivity contribution in [1.82, 2.24) is 0 Å². The zero-order valence-corrected chi connectivity index (χ0v) is 66.7. The zero-order chi connectivity index (χ0) is 76.0. The van der Waals surface area contributed by atoms with E-state index in [0.29, 0.717) is 32.1 Å². The molecule has 0 bridgehead atoms. The molecule has 0 saturated heterocycles. The molecular weight excluding hydrogens is 1350 g/mol. The summed E-state index contributed by atoms with van der Waals surface area (Å²) >= 11 is 0. The van der Waals surface area contributed by atoms with Gasteiger partial charge in [0.25, 0.3) is 0 Å². The molecule has 594 valence electrons. The maximum atomic E-state index is 13.1. The highest BCUT2D eigenvalue weighted by molar-refractivity contribution is 7.47. The van der Waals surface area contributed by atoms with Crippen LogP contribution in [0.25, 0.3) is 0 Å². The van der Waals surface area contributed by atoms with Gasteiger partial charge in [0.05, 0.1) is 26.4 Å². The minimum absolute atomic E-state index is 0.0627. The second-order valence-electron chi connectivity index (χ2n) is 26.2. The fraction of sp³-hybridized carbons (Fsp3) is 0.671. The molecule has 0 rings (SSSR count). The number of hydrogen-bond donors (Lipinski definition) is 3. The van der Waals surface area contributed by atoms with Crippen molar-refractivity contribution < 1.29 is 80.2 Å². The van der Waals surface area contributed by atoms with Crippen LogP contribution in [0.3, 0.4) is 0 Å². The maximum absolute atomic E-state index is 13.1. The van der Waals surface area contributed by atoms with Crippen LogP contribution >= 0.6 is 15.6 Å². The first-order valence-electron chi connectivity index (χ1n) is 40.1. The summed E-state index contributed by atoms with van der Waals surface area (Å²) in [5, 5.41) is 10.6. The number of esters is 4. The number of allylic oxidation sites excluding steroid dienone is 24. The number of rotatable bonds is 74. The van der Waals surface area contributed by atoms with Crippen LogP contribution in [0, 0.1) is 0 Å². The van der Waals surface area contributed by atoms with Gasteiger partial charge in [-0.25, -0.2) is 9.13 Å². The average Bonchev–Trinajstić information content (AvgIpc) is 0.939. The number of phosphoric ester groups is 2. The van der Waals surface area contributed by atoms with E-state index in [1.54, 1.807) is 0 Å². The third-order valence-corrected chi connectivity index (χ3v) is 18.2. The number of carbonyl (C=O) groups is 4. The standard InChI is InChI=1S/C85H142O17P2/c1-5-9-13-17-21-25-29-33-36-38-39-41-44-47-50-54-58-62-66-70-83(88)95-75-80(101-84(89)71-67-63-59-55-51-45-32-28-24-20-16-12-8-4)77-99-103(91,92)97-73-79(86)74-98-104(93,94)100-78-81(102-85(90)72-68-64-60-56-52-48-42-35-31-27-23-19-15-11-7-3)76-96-82(87)69-65-61-57-53-49-46-43-40-37-34-30-26-22-18-14-10-6-2/h9-10,13-14,21-23,25-27,33-37,39,41-43,46-47,50,53,57,79-81,86H,5-8,11-12,15-20,24,28-32,38,40,44-45,48-49,51-52,54-56,58-78H2,1-4H3,(H,91,92)(H,93,94)/b13-9-,14-10-,25-21-,26-22-,27-23-,36-33-,37-34-,41-39-,42-35-,46-43-,50-47-,57-53-. The van der Waals surface area contributed by atoms with Gasteiger partial charge in [0.1, 0.15) is 19.3 Å². The molecule has 3 N–H and O–H groups in total. The van der Waals surface area contributed by atoms with E-state index in [4.69, 9.17) is 37.0 Å². The normalized spacial score (nSPS) is 14.6. The fourth-order valence-corrected chi connectivity index (χ4v) is 11.8. The summed E-state index contributed by atoms with van der Waals surface area (Å²) in [6, 6.07) is 0. The number of carbonyl (C=O) groups excluding carboxylic acids is 4. The first kappa shape index (κ1) is 98.9. The lowest BCUT2D eigenvalue weighted by Gasteiger charge is -2.21. The van der Waals surface area contributed by atoms with E-state index in [1.165, 1.54) is 70.6 Å². The van der Waals surface area contributed by atoms with E-state index in [1.807, 2.05) is 12.2 Å². The lowest BCUT2D eigenvalue weighted by atomic mass is 10.0. The maximum Gasteiger partial charge on any atom is 0.472 e. The number of aliphatic hydroxyl groups is 1. The van der Waals surface area contributed by atoms with Gasteiger partial charge in [-0.2, -0.15) is 0 Å². The molecule has 0 aromatic rings. The van der Waals surface area contributed by atoms with Gasteiger partial charge in [0.15, 0.2) is 12.2 Å². The topological polar surface area (TPSA) is 237 Å². The Morgan fingerprint density at radius 3 is 0.837 bits per heavy atom. The molecule has 0 spiro atoms. The highest BCUT2D eigenvalue weighted by Gasteiger charge is 2.30. The zero-order valence-electron chi connectivity index (χ0n) is 64.9. The molecule has 5 unspecified atom stereocenters. The summed E-state index contributed by atoms with van der Waals surface area (Å²) in [6.07, 6.45) is 86.9. The predicted octanol–water partition coefficient (Wildman–Crippen LogP) is 23.4. The van der Waals surface area contributed by atoms with Gasteiger partial charge in [0, 0.05) is 25.7 Å². The van der Waals surface area contributed by atoms with Crippen molar-refractivity contribution in [2.24, 2.45) is 0 Å². The van der Waals surface area contributed by atoms with Gasteiger partial charge in [-0.05, 0) is 141 Å². The largest absolute Gasteiger partial charge is 0.472 e. The Labute approximate surface area is 630 Å². The Morgan fingerprint density at radius 2 is 0.510 bits per heavy atom. The summed E-state index contributed by atoms with van der Waals surface area (Å²) in [6.45, 7) is 4.51. The molecule has 0 aromatic heterocycles. The van der Waals surface area contributed by atoms with Gasteiger partial charge in [-0.1, -0.05) is 289 Å². The highest BCUT2D eigenvalue weighted by atomic mass is 31.2. The van der Waals surface area contributed by atoms with E-state index in [9.17, 15) is 43.2 Å². The van der Waals surface area contributed by atoms with Gasteiger partial charge < -0.3 is 33.8 Å². The second kappa shape index (κ2) is 76.1. The first-order valence-corrected chi connectivity index (χ1v) is 43.1. The Hall–Kier alpha value is -5.06. The van der Waals surface area contributed by atoms with Crippen LogP contribution in [0.1, 0.15) is 310 Å². The Morgan fingerprint density at radius 1 is 0.279 bits per heavy atom. The van der Waals surface area contributed by atoms with E-state index < -0.39 is 97.5 Å². The molecule has 19 heteroatoms. The Bertz CT molecular complexity index is 2540. The molecule has 0 radical (unpaired) electrons. The van der Waals surface area contributed by atoms with Crippen LogP contribution in [0.5, 0.6) is 0 Å². The number of hydrogen-bond acceptors (Lipinski definition) is 15. The van der Waals surface area contributed by atoms with Crippen LogP contribution in [0.4, 0.5) is 0 Å². The van der Waals surface area contributed by atoms with Crippen LogP contribution < -0.4 is 0 Å². The molecule has 0 aliphatic carbocycles. The number of unbranched alkanes of at least 4 members (excludes halogenated alkanes) is 24. The summed E-state index contributed by atoms with van der Waals surface area (Å²) in [4.78, 5) is 73.0. The van der Waals surface area contributed by atoms with Crippen molar-refractivity contribution in [3.8, 4) is 0 Å². The first-order chi connectivity index (χ1) is 50.7. The number of ether oxygens (including phenoxy) is 4. The average molecular weight is 1500 g/mol. The van der Waals surface area contributed by atoms with E-state index >= 15 is 0 Å². The molecule has 0 saturated carbocycles. The van der Waals surface area contributed by atoms with Crippen LogP contribution in [-0.4, -0.2) is 96.7 Å². The summed E-state index contributed by atoms with van der Waals surface area (Å²) in [7, 11) is -9.99. The molecule has 0 aliphatic heterocycles. The third kappa shape index (κ3) is 75.2. The van der Waals surface area contributed by atoms with Gasteiger partial charge in [-0.15, -0.1) is 0 Å². The molecular formula is C85H142O17P2. The van der Waals surface area contributed by atoms with E-state index in [2.05, 4.69) is 161 Å². The minimum atomic E-state index is -5.00. The predicted molar refractivity (Wildman–Crippen MR) is 427 cm³/mol. The van der Waals surface area contributed by atoms with E-state index in [-0.39, 0.29) is 25.7 Å². The summed E-state index contributed by atoms with van der Waals surface area (Å²) in [5.74, 6) is -2.29. The highest BCUT2D eigenvalue weighted by Crippen LogP contribution is 2.45. The molecule has 0 aliphatic rings. The Balaban J connectivity index is 5.44. The van der Waals surface area contributed by atoms with Crippen molar-refractivity contribution in [2.75, 3.05) is 39.6 Å². The lowest BCUT2D eigenvalue weighted by molar-refractivity contribution is -0.161. The fourth-order valence-electron chi connectivity index (χ4n) is 10.3. The van der Waals surface area contributed by atoms with Crippen molar-refractivity contribution in [1.29, 1.82) is 0 Å². The molecule has 0 aromatic carbocycles. The van der Waals surface area contributed by atoms with Crippen LogP contribution in [-0.2, 0) is 65.4 Å². The number of aliphatic hydroxyl groups excluding tert-OH is 1. The molecule has 5 atom stereocenters. The molecule has 0 heterocycles. The molecule has 0 fully saturated rings. The summed E-state index contributed by atoms with van der Waals surface area (Å²) in [5.41, 5.74) is 0. The quantitative estimate of drug-likeness (QED) is 0.0169. The van der Waals surface area contributed by atoms with Gasteiger partial charge >= 0.3 is 39.5 Å². The smallest absolute Gasteiger partial charge is 0.462 e. The SMILES string of the molecule is CC/C=C\C/C=C\C/C=C\C/C=C\C/C=C\CCCCCC(=O)OCC(COP(=O)(O)OCC(O)COP(=O)(O)OCC(COC(=O)CCC/C=C\C/C=C\C/C=C\C/C=C\C/C=C\CC)OC(=O)CCCCCCC/C=C\C/C=C\CCCCC)OC(=O)CCCCCCCCCCCCCCC. The van der Waals surface area contributed by atoms with Crippen molar-refractivity contribution in [3.05, 3.63) is 146 Å². The van der Waals surface area contributed by atoms with Gasteiger partial charge in [-0.3, -0.25) is 37.3 Å². The van der Waals surface area contributed by atoms with Crippen molar-refractivity contribution >= 4 is 39.5 Å². The monoisotopic (exact) mass is 1500 g/mol. The van der Waals surface area contributed by atoms with Crippen molar-refractivity contribution in [3.63, 3.8) is 0 Å². The summed E-state index contributed by atoms with van der Waals surface area (Å²) < 4.78 is 68.5. The number of phosphoric acid groups is 2. The Kier molecular flexibility index (Phi) is 72.4. The van der Waals surface area contributed by atoms with Crippen LogP contribution in [0.15, 0.2) is 146 Å².